The summed E-state index contributed by atoms with van der Waals surface area (Å²) in [6.07, 6.45) is 2.45. The first-order valence-corrected chi connectivity index (χ1v) is 6.43. The Kier molecular flexibility index (Phi) is 2.84. The van der Waals surface area contributed by atoms with Crippen LogP contribution in [0.25, 0.3) is 0 Å². The van der Waals surface area contributed by atoms with Crippen molar-refractivity contribution in [1.82, 2.24) is 0 Å². The molecule has 0 aliphatic carbocycles. The minimum Gasteiger partial charge on any atom is -0.377 e. The highest BCUT2D eigenvalue weighted by atomic mass is 16.5. The summed E-state index contributed by atoms with van der Waals surface area (Å²) in [4.78, 5) is 14.2. The number of nitrogens with two attached hydrogens (primary N) is 1. The predicted octanol–water partition coefficient (Wildman–Crippen LogP) is 1.08. The number of ether oxygens (including phenoxy) is 1. The van der Waals surface area contributed by atoms with Crippen molar-refractivity contribution in [3.63, 3.8) is 0 Å². The molecule has 1 fully saturated rings. The number of fused-ring (bicyclic) bond motifs is 1. The van der Waals surface area contributed by atoms with E-state index in [4.69, 9.17) is 10.5 Å². The summed E-state index contributed by atoms with van der Waals surface area (Å²) in [5, 5.41) is 0. The molecule has 2 heterocycles. The van der Waals surface area contributed by atoms with Crippen molar-refractivity contribution >= 4 is 11.6 Å². The molecule has 0 atom stereocenters. The van der Waals surface area contributed by atoms with Crippen molar-refractivity contribution in [2.24, 2.45) is 5.73 Å². The van der Waals surface area contributed by atoms with Crippen LogP contribution >= 0.6 is 0 Å². The average molecular weight is 246 g/mol. The van der Waals surface area contributed by atoms with Crippen LogP contribution in [0.4, 0.5) is 5.69 Å². The Hall–Kier alpha value is -1.39. The van der Waals surface area contributed by atoms with Crippen molar-refractivity contribution in [2.75, 3.05) is 24.7 Å². The number of amides is 1. The van der Waals surface area contributed by atoms with Gasteiger partial charge in [0.2, 0.25) is 5.91 Å². The van der Waals surface area contributed by atoms with Crippen molar-refractivity contribution in [3.05, 3.63) is 29.8 Å². The highest BCUT2D eigenvalue weighted by molar-refractivity contribution is 5.95. The Morgan fingerprint density at radius 2 is 2.17 bits per heavy atom. The maximum absolute atomic E-state index is 12.4. The number of anilines is 1. The van der Waals surface area contributed by atoms with E-state index in [2.05, 4.69) is 6.07 Å². The van der Waals surface area contributed by atoms with Crippen LogP contribution < -0.4 is 10.6 Å². The van der Waals surface area contributed by atoms with Crippen LogP contribution in [0.2, 0.25) is 0 Å². The van der Waals surface area contributed by atoms with Gasteiger partial charge in [-0.15, -0.1) is 0 Å². The lowest BCUT2D eigenvalue weighted by atomic mass is 9.92. The Morgan fingerprint density at radius 1 is 1.39 bits per heavy atom. The minimum absolute atomic E-state index is 0.118. The lowest BCUT2D eigenvalue weighted by molar-refractivity contribution is -0.126. The monoisotopic (exact) mass is 246 g/mol. The van der Waals surface area contributed by atoms with Crippen molar-refractivity contribution in [2.45, 2.75) is 24.8 Å². The second-order valence-corrected chi connectivity index (χ2v) is 5.31. The molecule has 96 valence electrons. The van der Waals surface area contributed by atoms with Crippen LogP contribution in [0.1, 0.15) is 18.4 Å². The zero-order chi connectivity index (χ0) is 12.6. The normalized spacial score (nSPS) is 21.1. The number of hydrogen-bond donors (Lipinski definition) is 1. The number of benzene rings is 1. The van der Waals surface area contributed by atoms with Crippen LogP contribution in [0.15, 0.2) is 24.3 Å². The zero-order valence-corrected chi connectivity index (χ0v) is 10.4. The quantitative estimate of drug-likeness (QED) is 0.849. The van der Waals surface area contributed by atoms with E-state index in [1.807, 2.05) is 23.1 Å². The van der Waals surface area contributed by atoms with Crippen molar-refractivity contribution < 1.29 is 9.53 Å². The molecule has 2 aliphatic rings. The summed E-state index contributed by atoms with van der Waals surface area (Å²) in [6.45, 7) is 1.79. The molecule has 0 aromatic heterocycles. The van der Waals surface area contributed by atoms with Crippen LogP contribution in [0, 0.1) is 0 Å². The molecule has 18 heavy (non-hydrogen) atoms. The van der Waals surface area contributed by atoms with Gasteiger partial charge in [0.05, 0.1) is 18.8 Å². The van der Waals surface area contributed by atoms with E-state index in [1.54, 1.807) is 0 Å². The fourth-order valence-corrected chi connectivity index (χ4v) is 2.66. The third-order valence-electron chi connectivity index (χ3n) is 3.69. The van der Waals surface area contributed by atoms with E-state index < -0.39 is 5.54 Å². The zero-order valence-electron chi connectivity index (χ0n) is 10.4. The minimum atomic E-state index is -0.441. The van der Waals surface area contributed by atoms with Gasteiger partial charge in [-0.3, -0.25) is 4.79 Å². The lowest BCUT2D eigenvalue weighted by Gasteiger charge is -2.39. The van der Waals surface area contributed by atoms with Gasteiger partial charge in [-0.2, -0.15) is 0 Å². The summed E-state index contributed by atoms with van der Waals surface area (Å²) < 4.78 is 5.10. The maximum Gasteiger partial charge on any atom is 0.229 e. The predicted molar refractivity (Wildman–Crippen MR) is 69.5 cm³/mol. The summed E-state index contributed by atoms with van der Waals surface area (Å²) in [6, 6.07) is 8.12. The molecule has 1 amide bonds. The van der Waals surface area contributed by atoms with Gasteiger partial charge in [-0.25, -0.2) is 0 Å². The van der Waals surface area contributed by atoms with Gasteiger partial charge in [0.15, 0.2) is 0 Å². The summed E-state index contributed by atoms with van der Waals surface area (Å²) in [5.41, 5.74) is 7.93. The fraction of sp³-hybridized carbons (Fsp3) is 0.500. The van der Waals surface area contributed by atoms with Gasteiger partial charge in [-0.05, 0) is 24.5 Å². The molecule has 3 rings (SSSR count). The first-order valence-electron chi connectivity index (χ1n) is 6.43. The van der Waals surface area contributed by atoms with Crippen LogP contribution in [-0.2, 0) is 16.0 Å². The van der Waals surface area contributed by atoms with E-state index in [1.165, 1.54) is 5.56 Å². The molecule has 1 aromatic carbocycles. The Morgan fingerprint density at radius 3 is 2.89 bits per heavy atom. The third-order valence-corrected chi connectivity index (χ3v) is 3.69. The molecule has 0 saturated carbocycles. The smallest absolute Gasteiger partial charge is 0.229 e. The largest absolute Gasteiger partial charge is 0.377 e. The van der Waals surface area contributed by atoms with Crippen LogP contribution in [0.3, 0.4) is 0 Å². The first-order chi connectivity index (χ1) is 8.68. The van der Waals surface area contributed by atoms with Crippen molar-refractivity contribution in [1.29, 1.82) is 0 Å². The molecular formula is C14H18N2O2. The number of para-hydroxylation sites is 1. The molecule has 4 nitrogen and oxygen atoms in total. The second-order valence-electron chi connectivity index (χ2n) is 5.31. The van der Waals surface area contributed by atoms with E-state index in [-0.39, 0.29) is 5.91 Å². The number of nitrogens with zero attached hydrogens (tertiary/aromatic N) is 1. The van der Waals surface area contributed by atoms with Crippen LogP contribution in [-0.4, -0.2) is 31.2 Å². The summed E-state index contributed by atoms with van der Waals surface area (Å²) >= 11 is 0. The number of rotatable bonds is 2. The van der Waals surface area contributed by atoms with Gasteiger partial charge < -0.3 is 15.4 Å². The van der Waals surface area contributed by atoms with E-state index in [9.17, 15) is 4.79 Å². The standard InChI is InChI=1S/C14H18N2O2/c15-14(9-18-10-14)8-13(17)16-7-3-5-11-4-1-2-6-12(11)16/h1-2,4,6H,3,5,7-10,15H2. The number of carbonyl (C=O) groups is 1. The van der Waals surface area contributed by atoms with Gasteiger partial charge in [0.1, 0.15) is 0 Å². The Bertz CT molecular complexity index is 469. The molecular weight excluding hydrogens is 228 g/mol. The number of carbonyl (C=O) groups excluding carboxylic acids is 1. The third kappa shape index (κ3) is 2.02. The molecule has 1 saturated heterocycles. The highest BCUT2D eigenvalue weighted by Crippen LogP contribution is 2.29. The molecule has 2 N–H and O–H groups in total. The number of hydrogen-bond acceptors (Lipinski definition) is 3. The summed E-state index contributed by atoms with van der Waals surface area (Å²) in [7, 11) is 0. The van der Waals surface area contributed by atoms with Gasteiger partial charge in [0.25, 0.3) is 0 Å². The summed E-state index contributed by atoms with van der Waals surface area (Å²) in [5.74, 6) is 0.118. The molecule has 0 unspecified atom stereocenters. The molecule has 0 radical (unpaired) electrons. The molecule has 1 aromatic rings. The second kappa shape index (κ2) is 4.37. The molecule has 4 heteroatoms. The molecule has 0 spiro atoms. The SMILES string of the molecule is NC1(CC(=O)N2CCCc3ccccc32)COC1. The fourth-order valence-electron chi connectivity index (χ4n) is 2.66. The number of aryl methyl sites for hydroxylation is 1. The van der Waals surface area contributed by atoms with E-state index in [0.717, 1.165) is 25.1 Å². The highest BCUT2D eigenvalue weighted by Gasteiger charge is 2.38. The maximum atomic E-state index is 12.4. The van der Waals surface area contributed by atoms with Gasteiger partial charge in [-0.1, -0.05) is 18.2 Å². The van der Waals surface area contributed by atoms with Gasteiger partial charge in [0, 0.05) is 18.7 Å². The first kappa shape index (κ1) is 11.7. The lowest BCUT2D eigenvalue weighted by Crippen LogP contribution is -2.60. The van der Waals surface area contributed by atoms with Gasteiger partial charge >= 0.3 is 0 Å². The van der Waals surface area contributed by atoms with Crippen molar-refractivity contribution in [3.8, 4) is 0 Å². The molecule has 2 aliphatic heterocycles. The Balaban J connectivity index is 1.79. The van der Waals surface area contributed by atoms with E-state index in [0.29, 0.717) is 19.6 Å². The average Bonchev–Trinajstić information content (AvgIpc) is 2.36. The van der Waals surface area contributed by atoms with E-state index >= 15 is 0 Å². The van der Waals surface area contributed by atoms with Crippen LogP contribution in [0.5, 0.6) is 0 Å². The molecule has 0 bridgehead atoms. The topological polar surface area (TPSA) is 55.6 Å². The Labute approximate surface area is 107 Å².